The highest BCUT2D eigenvalue weighted by molar-refractivity contribution is 8.14. The van der Waals surface area contributed by atoms with Crippen molar-refractivity contribution < 1.29 is 14.3 Å². The van der Waals surface area contributed by atoms with Gasteiger partial charge in [0.15, 0.2) is 5.44 Å². The second kappa shape index (κ2) is 5.41. The van der Waals surface area contributed by atoms with E-state index in [1.165, 1.54) is 0 Å². The number of thioether (sulfide) groups is 1. The molecule has 1 aromatic carbocycles. The molecule has 0 aliphatic carbocycles. The number of hydrogen-bond acceptors (Lipinski definition) is 4. The molecule has 1 rings (SSSR count). The molecule has 5 heteroatoms. The van der Waals surface area contributed by atoms with E-state index in [2.05, 4.69) is 4.74 Å². The Hall–Kier alpha value is -1.49. The number of nitrogens with two attached hydrogens (primary N) is 1. The molecule has 1 amide bonds. The molecule has 0 radical (unpaired) electrons. The van der Waals surface area contributed by atoms with Gasteiger partial charge in [0.1, 0.15) is 0 Å². The number of benzene rings is 1. The van der Waals surface area contributed by atoms with Crippen molar-refractivity contribution in [3.63, 3.8) is 0 Å². The summed E-state index contributed by atoms with van der Waals surface area (Å²) < 4.78 is 4.62. The zero-order valence-corrected chi connectivity index (χ0v) is 8.99. The normalized spacial score (nSPS) is 11.8. The van der Waals surface area contributed by atoms with Crippen LogP contribution in [-0.4, -0.2) is 16.6 Å². The van der Waals surface area contributed by atoms with Crippen LogP contribution in [0.1, 0.15) is 17.3 Å². The Bertz CT molecular complexity index is 353. The molecule has 0 bridgehead atoms. The van der Waals surface area contributed by atoms with Gasteiger partial charge in [0.2, 0.25) is 5.12 Å². The second-order valence-corrected chi connectivity index (χ2v) is 4.05. The first-order chi connectivity index (χ1) is 7.09. The van der Waals surface area contributed by atoms with E-state index in [1.54, 1.807) is 31.2 Å². The standard InChI is InChI=1S/C10H11NO3S/c1-7(14-10(11)13)15-9(12)8-5-3-2-4-6-8/h2-7H,1H3,(H2,11,13). The molecule has 0 aliphatic rings. The van der Waals surface area contributed by atoms with Crippen LogP contribution in [0.2, 0.25) is 0 Å². The van der Waals surface area contributed by atoms with Gasteiger partial charge < -0.3 is 10.5 Å². The van der Waals surface area contributed by atoms with E-state index in [-0.39, 0.29) is 5.12 Å². The highest BCUT2D eigenvalue weighted by Gasteiger charge is 2.13. The van der Waals surface area contributed by atoms with Crippen LogP contribution in [0.25, 0.3) is 0 Å². The van der Waals surface area contributed by atoms with Crippen molar-refractivity contribution in [3.8, 4) is 0 Å². The Balaban J connectivity index is 2.53. The first-order valence-corrected chi connectivity index (χ1v) is 5.19. The van der Waals surface area contributed by atoms with E-state index in [1.807, 2.05) is 6.07 Å². The molecule has 0 aliphatic heterocycles. The van der Waals surface area contributed by atoms with Crippen molar-refractivity contribution in [2.45, 2.75) is 12.4 Å². The van der Waals surface area contributed by atoms with Crippen LogP contribution < -0.4 is 5.73 Å². The molecule has 2 N–H and O–H groups in total. The SMILES string of the molecule is CC(OC(N)=O)SC(=O)c1ccccc1. The van der Waals surface area contributed by atoms with Gasteiger partial charge in [-0.3, -0.25) is 4.79 Å². The molecule has 0 aromatic heterocycles. The van der Waals surface area contributed by atoms with E-state index in [4.69, 9.17) is 5.73 Å². The smallest absolute Gasteiger partial charge is 0.405 e. The van der Waals surface area contributed by atoms with Gasteiger partial charge >= 0.3 is 6.09 Å². The van der Waals surface area contributed by atoms with Gasteiger partial charge in [0.05, 0.1) is 0 Å². The molecule has 1 unspecified atom stereocenters. The Kier molecular flexibility index (Phi) is 4.17. The van der Waals surface area contributed by atoms with Crippen LogP contribution in [0.3, 0.4) is 0 Å². The van der Waals surface area contributed by atoms with Crippen LogP contribution in [0, 0.1) is 0 Å². The third-order valence-electron chi connectivity index (χ3n) is 1.56. The summed E-state index contributed by atoms with van der Waals surface area (Å²) in [6.45, 7) is 1.59. The van der Waals surface area contributed by atoms with Crippen LogP contribution in [0.5, 0.6) is 0 Å². The molecule has 0 fully saturated rings. The minimum Gasteiger partial charge on any atom is -0.435 e. The molecular formula is C10H11NO3S. The molecule has 0 saturated carbocycles. The lowest BCUT2D eigenvalue weighted by Gasteiger charge is -2.09. The third-order valence-corrected chi connectivity index (χ3v) is 2.44. The molecule has 0 heterocycles. The number of ether oxygens (including phenoxy) is 1. The molecule has 1 aromatic rings. The van der Waals surface area contributed by atoms with E-state index in [9.17, 15) is 9.59 Å². The quantitative estimate of drug-likeness (QED) is 0.799. The number of rotatable bonds is 3. The zero-order chi connectivity index (χ0) is 11.3. The maximum atomic E-state index is 11.6. The summed E-state index contributed by atoms with van der Waals surface area (Å²) in [7, 11) is 0. The summed E-state index contributed by atoms with van der Waals surface area (Å²) in [5, 5.41) is -0.149. The van der Waals surface area contributed by atoms with Gasteiger partial charge in [-0.15, -0.1) is 0 Å². The van der Waals surface area contributed by atoms with E-state index in [0.717, 1.165) is 11.8 Å². The number of hydrogen-bond donors (Lipinski definition) is 1. The van der Waals surface area contributed by atoms with Gasteiger partial charge in [-0.25, -0.2) is 4.79 Å². The van der Waals surface area contributed by atoms with Crippen molar-refractivity contribution in [1.82, 2.24) is 0 Å². The fourth-order valence-corrected chi connectivity index (χ4v) is 1.70. The summed E-state index contributed by atoms with van der Waals surface area (Å²) in [5.41, 5.74) is 4.82. The molecule has 15 heavy (non-hydrogen) atoms. The fraction of sp³-hybridized carbons (Fsp3) is 0.200. The van der Waals surface area contributed by atoms with Gasteiger partial charge in [-0.05, 0) is 18.7 Å². The van der Waals surface area contributed by atoms with Crippen molar-refractivity contribution in [2.75, 3.05) is 0 Å². The minimum atomic E-state index is -0.879. The lowest BCUT2D eigenvalue weighted by atomic mass is 10.2. The maximum absolute atomic E-state index is 11.6. The van der Waals surface area contributed by atoms with Gasteiger partial charge in [-0.2, -0.15) is 0 Å². The Morgan fingerprint density at radius 3 is 2.47 bits per heavy atom. The van der Waals surface area contributed by atoms with Crippen molar-refractivity contribution in [3.05, 3.63) is 35.9 Å². The topological polar surface area (TPSA) is 69.4 Å². The van der Waals surface area contributed by atoms with Crippen LogP contribution in [0.15, 0.2) is 30.3 Å². The summed E-state index contributed by atoms with van der Waals surface area (Å²) >= 11 is 0.919. The molecule has 0 saturated heterocycles. The van der Waals surface area contributed by atoms with Crippen molar-refractivity contribution in [1.29, 1.82) is 0 Å². The maximum Gasteiger partial charge on any atom is 0.405 e. The highest BCUT2D eigenvalue weighted by Crippen LogP contribution is 2.18. The van der Waals surface area contributed by atoms with Gasteiger partial charge in [0, 0.05) is 5.56 Å². The van der Waals surface area contributed by atoms with Crippen molar-refractivity contribution in [2.24, 2.45) is 5.73 Å². The highest BCUT2D eigenvalue weighted by atomic mass is 32.2. The fourth-order valence-electron chi connectivity index (χ4n) is 0.981. The third kappa shape index (κ3) is 4.03. The predicted octanol–water partition coefficient (Wildman–Crippen LogP) is 2.00. The molecule has 80 valence electrons. The monoisotopic (exact) mass is 225 g/mol. The van der Waals surface area contributed by atoms with Gasteiger partial charge in [-0.1, -0.05) is 30.3 Å². The number of carbonyl (C=O) groups excluding carboxylic acids is 2. The Morgan fingerprint density at radius 1 is 1.33 bits per heavy atom. The van der Waals surface area contributed by atoms with E-state index in [0.29, 0.717) is 5.56 Å². The number of carbonyl (C=O) groups is 2. The van der Waals surface area contributed by atoms with Crippen LogP contribution in [-0.2, 0) is 4.74 Å². The summed E-state index contributed by atoms with van der Waals surface area (Å²) in [5.74, 6) is 0. The summed E-state index contributed by atoms with van der Waals surface area (Å²) in [6, 6.07) is 8.77. The largest absolute Gasteiger partial charge is 0.435 e. The summed E-state index contributed by atoms with van der Waals surface area (Å²) in [4.78, 5) is 22.0. The van der Waals surface area contributed by atoms with Gasteiger partial charge in [0.25, 0.3) is 0 Å². The second-order valence-electron chi connectivity index (χ2n) is 2.78. The average Bonchev–Trinajstić information content (AvgIpc) is 2.17. The first-order valence-electron chi connectivity index (χ1n) is 4.31. The molecular weight excluding hydrogens is 214 g/mol. The van der Waals surface area contributed by atoms with Crippen LogP contribution >= 0.6 is 11.8 Å². The van der Waals surface area contributed by atoms with Crippen LogP contribution in [0.4, 0.5) is 4.79 Å². The molecule has 1 atom stereocenters. The average molecular weight is 225 g/mol. The van der Waals surface area contributed by atoms with E-state index < -0.39 is 11.5 Å². The lowest BCUT2D eigenvalue weighted by molar-refractivity contribution is 0.108. The molecule has 4 nitrogen and oxygen atoms in total. The molecule has 0 spiro atoms. The zero-order valence-electron chi connectivity index (χ0n) is 8.17. The number of primary amides is 1. The first kappa shape index (κ1) is 11.6. The Labute approximate surface area is 91.8 Å². The van der Waals surface area contributed by atoms with E-state index >= 15 is 0 Å². The summed E-state index contributed by atoms with van der Waals surface area (Å²) in [6.07, 6.45) is -0.879. The minimum absolute atomic E-state index is 0.149. The van der Waals surface area contributed by atoms with Crippen molar-refractivity contribution >= 4 is 23.0 Å². The lowest BCUT2D eigenvalue weighted by Crippen LogP contribution is -2.19. The Morgan fingerprint density at radius 2 is 1.93 bits per heavy atom. The number of amides is 1. The predicted molar refractivity (Wildman–Crippen MR) is 58.5 cm³/mol.